The SMILES string of the molecule is COc1ccc(CN2CCN(c3cc(OC)ncn3)CC2=O)cc1.O=C(O)C(F)(F)F. The molecule has 2 heterocycles. The first kappa shape index (κ1) is 23.7. The lowest BCUT2D eigenvalue weighted by Crippen LogP contribution is -2.50. The number of halogens is 3. The van der Waals surface area contributed by atoms with E-state index in [1.165, 1.54) is 6.33 Å². The Morgan fingerprint density at radius 2 is 1.77 bits per heavy atom. The first-order valence-electron chi connectivity index (χ1n) is 8.96. The molecule has 168 valence electrons. The largest absolute Gasteiger partial charge is 0.497 e. The van der Waals surface area contributed by atoms with E-state index in [4.69, 9.17) is 19.4 Å². The molecule has 1 aliphatic heterocycles. The molecule has 0 spiro atoms. The summed E-state index contributed by atoms with van der Waals surface area (Å²) in [6, 6.07) is 9.51. The summed E-state index contributed by atoms with van der Waals surface area (Å²) in [6.45, 7) is 2.28. The molecule has 1 fully saturated rings. The smallest absolute Gasteiger partial charge is 0.490 e. The standard InChI is InChI=1S/C17H20N4O3.C2HF3O2/c1-23-14-5-3-13(4-6-14)10-21-8-7-20(11-17(21)22)15-9-16(24-2)19-12-18-15;3-2(4,5)1(6)7/h3-6,9,12H,7-8,10-11H2,1-2H3;(H,6,7). The second kappa shape index (κ2) is 10.5. The molecule has 1 aliphatic rings. The summed E-state index contributed by atoms with van der Waals surface area (Å²) in [7, 11) is 3.20. The lowest BCUT2D eigenvalue weighted by atomic mass is 10.2. The summed E-state index contributed by atoms with van der Waals surface area (Å²) in [5.41, 5.74) is 1.08. The Morgan fingerprint density at radius 1 is 1.13 bits per heavy atom. The van der Waals surface area contributed by atoms with Crippen LogP contribution in [0.3, 0.4) is 0 Å². The van der Waals surface area contributed by atoms with E-state index in [2.05, 4.69) is 9.97 Å². The summed E-state index contributed by atoms with van der Waals surface area (Å²) in [5, 5.41) is 7.12. The summed E-state index contributed by atoms with van der Waals surface area (Å²) < 4.78 is 42.0. The van der Waals surface area contributed by atoms with Gasteiger partial charge in [-0.2, -0.15) is 13.2 Å². The summed E-state index contributed by atoms with van der Waals surface area (Å²) in [6.07, 6.45) is -3.64. The second-order valence-electron chi connectivity index (χ2n) is 6.31. The van der Waals surface area contributed by atoms with E-state index >= 15 is 0 Å². The number of hydrogen-bond acceptors (Lipinski definition) is 7. The Kier molecular flexibility index (Phi) is 8.00. The number of nitrogens with zero attached hydrogens (tertiary/aromatic N) is 4. The van der Waals surface area contributed by atoms with Crippen molar-refractivity contribution >= 4 is 17.7 Å². The predicted molar refractivity (Wildman–Crippen MR) is 103 cm³/mol. The minimum atomic E-state index is -5.08. The van der Waals surface area contributed by atoms with Crippen molar-refractivity contribution in [2.75, 3.05) is 38.8 Å². The van der Waals surface area contributed by atoms with Gasteiger partial charge in [0.05, 0.1) is 20.8 Å². The Balaban J connectivity index is 0.000000423. The van der Waals surface area contributed by atoms with Crippen LogP contribution in [0.4, 0.5) is 19.0 Å². The number of carboxylic acids is 1. The highest BCUT2D eigenvalue weighted by Gasteiger charge is 2.38. The Labute approximate surface area is 176 Å². The number of aliphatic carboxylic acids is 1. The van der Waals surface area contributed by atoms with Crippen LogP contribution in [-0.4, -0.2) is 71.9 Å². The second-order valence-corrected chi connectivity index (χ2v) is 6.31. The van der Waals surface area contributed by atoms with Crippen LogP contribution in [0.5, 0.6) is 11.6 Å². The summed E-state index contributed by atoms with van der Waals surface area (Å²) in [5.74, 6) is -0.665. The Morgan fingerprint density at radius 3 is 2.29 bits per heavy atom. The fourth-order valence-corrected chi connectivity index (χ4v) is 2.64. The third-order valence-electron chi connectivity index (χ3n) is 4.25. The van der Waals surface area contributed by atoms with Crippen molar-refractivity contribution in [3.63, 3.8) is 0 Å². The van der Waals surface area contributed by atoms with Crippen molar-refractivity contribution in [1.82, 2.24) is 14.9 Å². The average Bonchev–Trinajstić information content (AvgIpc) is 2.75. The monoisotopic (exact) mass is 442 g/mol. The molecule has 1 aromatic heterocycles. The number of piperazine rings is 1. The van der Waals surface area contributed by atoms with Crippen LogP contribution < -0.4 is 14.4 Å². The van der Waals surface area contributed by atoms with E-state index in [1.54, 1.807) is 20.3 Å². The first-order valence-corrected chi connectivity index (χ1v) is 8.96. The molecule has 0 aliphatic carbocycles. The number of alkyl halides is 3. The molecule has 0 saturated carbocycles. The fraction of sp³-hybridized carbons (Fsp3) is 0.368. The van der Waals surface area contributed by atoms with Crippen molar-refractivity contribution in [2.45, 2.75) is 12.7 Å². The fourth-order valence-electron chi connectivity index (χ4n) is 2.64. The van der Waals surface area contributed by atoms with Gasteiger partial charge in [0, 0.05) is 25.7 Å². The van der Waals surface area contributed by atoms with Gasteiger partial charge in [-0.25, -0.2) is 14.8 Å². The molecule has 0 bridgehead atoms. The maximum atomic E-state index is 12.4. The molecule has 1 N–H and O–H groups in total. The normalized spacial score (nSPS) is 13.9. The van der Waals surface area contributed by atoms with Gasteiger partial charge in [-0.15, -0.1) is 0 Å². The van der Waals surface area contributed by atoms with Crippen molar-refractivity contribution in [3.05, 3.63) is 42.2 Å². The number of carbonyl (C=O) groups is 2. The minimum Gasteiger partial charge on any atom is -0.497 e. The predicted octanol–water partition coefficient (Wildman–Crippen LogP) is 1.98. The number of hydrogen-bond donors (Lipinski definition) is 1. The number of ether oxygens (including phenoxy) is 2. The summed E-state index contributed by atoms with van der Waals surface area (Å²) in [4.78, 5) is 33.4. The Bertz CT molecular complexity index is 893. The van der Waals surface area contributed by atoms with Crippen LogP contribution >= 0.6 is 0 Å². The van der Waals surface area contributed by atoms with E-state index in [9.17, 15) is 18.0 Å². The van der Waals surface area contributed by atoms with Gasteiger partial charge in [-0.1, -0.05) is 12.1 Å². The van der Waals surface area contributed by atoms with Crippen LogP contribution in [0, 0.1) is 0 Å². The number of methoxy groups -OCH3 is 2. The molecule has 0 unspecified atom stereocenters. The highest BCUT2D eigenvalue weighted by atomic mass is 19.4. The molecule has 0 radical (unpaired) electrons. The van der Waals surface area contributed by atoms with Gasteiger partial charge in [0.15, 0.2) is 0 Å². The van der Waals surface area contributed by atoms with Crippen LogP contribution in [0.1, 0.15) is 5.56 Å². The van der Waals surface area contributed by atoms with Gasteiger partial charge in [0.2, 0.25) is 11.8 Å². The third-order valence-corrected chi connectivity index (χ3v) is 4.25. The van der Waals surface area contributed by atoms with Crippen molar-refractivity contribution in [2.24, 2.45) is 0 Å². The zero-order valence-corrected chi connectivity index (χ0v) is 16.8. The van der Waals surface area contributed by atoms with Gasteiger partial charge in [0.1, 0.15) is 17.9 Å². The number of aromatic nitrogens is 2. The highest BCUT2D eigenvalue weighted by molar-refractivity contribution is 5.82. The molecule has 1 aromatic carbocycles. The molecule has 12 heteroatoms. The van der Waals surface area contributed by atoms with Crippen LogP contribution in [0.15, 0.2) is 36.7 Å². The van der Waals surface area contributed by atoms with Crippen LogP contribution in [0.2, 0.25) is 0 Å². The number of amides is 1. The number of carboxylic acid groups (broad SMARTS) is 1. The van der Waals surface area contributed by atoms with Crippen LogP contribution in [0.25, 0.3) is 0 Å². The average molecular weight is 442 g/mol. The van der Waals surface area contributed by atoms with Gasteiger partial charge in [-0.3, -0.25) is 4.79 Å². The zero-order chi connectivity index (χ0) is 23.0. The van der Waals surface area contributed by atoms with Gasteiger partial charge < -0.3 is 24.4 Å². The van der Waals surface area contributed by atoms with E-state index in [1.807, 2.05) is 34.1 Å². The van der Waals surface area contributed by atoms with E-state index in [-0.39, 0.29) is 5.91 Å². The molecule has 31 heavy (non-hydrogen) atoms. The van der Waals surface area contributed by atoms with Crippen molar-refractivity contribution in [3.8, 4) is 11.6 Å². The lowest BCUT2D eigenvalue weighted by Gasteiger charge is -2.35. The van der Waals surface area contributed by atoms with E-state index < -0.39 is 12.1 Å². The molecule has 1 amide bonds. The highest BCUT2D eigenvalue weighted by Crippen LogP contribution is 2.19. The molecular weight excluding hydrogens is 421 g/mol. The number of carbonyl (C=O) groups excluding carboxylic acids is 1. The van der Waals surface area contributed by atoms with Crippen molar-refractivity contribution < 1.29 is 37.3 Å². The van der Waals surface area contributed by atoms with Gasteiger partial charge >= 0.3 is 12.1 Å². The summed E-state index contributed by atoms with van der Waals surface area (Å²) >= 11 is 0. The number of rotatable bonds is 5. The van der Waals surface area contributed by atoms with Gasteiger partial charge in [-0.05, 0) is 17.7 Å². The molecule has 3 rings (SSSR count). The topological polar surface area (TPSA) is 105 Å². The Hall–Kier alpha value is -3.57. The molecule has 1 saturated heterocycles. The zero-order valence-electron chi connectivity index (χ0n) is 16.8. The maximum Gasteiger partial charge on any atom is 0.490 e. The lowest BCUT2D eigenvalue weighted by molar-refractivity contribution is -0.192. The van der Waals surface area contributed by atoms with Crippen molar-refractivity contribution in [1.29, 1.82) is 0 Å². The number of benzene rings is 1. The molecule has 2 aromatic rings. The molecule has 0 atom stereocenters. The van der Waals surface area contributed by atoms with Gasteiger partial charge in [0.25, 0.3) is 0 Å². The molecule has 9 nitrogen and oxygen atoms in total. The minimum absolute atomic E-state index is 0.0784. The maximum absolute atomic E-state index is 12.4. The third kappa shape index (κ3) is 7.01. The number of anilines is 1. The van der Waals surface area contributed by atoms with E-state index in [0.29, 0.717) is 31.3 Å². The van der Waals surface area contributed by atoms with Crippen LogP contribution in [-0.2, 0) is 16.1 Å². The molecular formula is C19H21F3N4O5. The first-order chi connectivity index (χ1) is 14.6. The quantitative estimate of drug-likeness (QED) is 0.750. The van der Waals surface area contributed by atoms with E-state index in [0.717, 1.165) is 17.9 Å².